The van der Waals surface area contributed by atoms with Crippen LogP contribution in [0.1, 0.15) is 32.6 Å². The van der Waals surface area contributed by atoms with Gasteiger partial charge in [-0.15, -0.1) is 0 Å². The number of hydrogen-bond donors (Lipinski definition) is 1. The molecule has 19 heavy (non-hydrogen) atoms. The number of piperidine rings is 1. The monoisotopic (exact) mass is 289 g/mol. The molecule has 0 spiro atoms. The molecule has 1 aliphatic heterocycles. The van der Waals surface area contributed by atoms with Gasteiger partial charge in [0, 0.05) is 24.1 Å². The summed E-state index contributed by atoms with van der Waals surface area (Å²) in [5.41, 5.74) is 0. The minimum Gasteiger partial charge on any atom is -0.481 e. The molecule has 1 saturated heterocycles. The number of likely N-dealkylation sites (tertiary alicyclic amines) is 1. The van der Waals surface area contributed by atoms with Crippen LogP contribution in [0, 0.1) is 0 Å². The number of hydrogen-bond acceptors (Lipinski definition) is 5. The number of nitrogens with zero attached hydrogens (tertiary/aromatic N) is 1. The quantitative estimate of drug-likeness (QED) is 0.685. The third kappa shape index (κ3) is 7.42. The molecule has 0 saturated carbocycles. The van der Waals surface area contributed by atoms with Gasteiger partial charge in [0.25, 0.3) is 0 Å². The average molecular weight is 289 g/mol. The molecule has 0 bridgehead atoms. The van der Waals surface area contributed by atoms with Gasteiger partial charge in [0.1, 0.15) is 0 Å². The summed E-state index contributed by atoms with van der Waals surface area (Å²) in [6.07, 6.45) is 2.93. The largest absolute Gasteiger partial charge is 0.481 e. The highest BCUT2D eigenvalue weighted by atomic mass is 32.2. The van der Waals surface area contributed by atoms with E-state index in [0.717, 1.165) is 31.7 Å². The van der Waals surface area contributed by atoms with E-state index in [0.29, 0.717) is 24.8 Å². The predicted octanol–water partition coefficient (Wildman–Crippen LogP) is 1.61. The maximum Gasteiger partial charge on any atom is 0.306 e. The molecular formula is C13H23NO4S. The number of thioether (sulfide) groups is 1. The zero-order chi connectivity index (χ0) is 14.1. The molecule has 1 rings (SSSR count). The maximum absolute atomic E-state index is 11.2. The Hall–Kier alpha value is -0.750. The first kappa shape index (κ1) is 16.3. The number of carboxylic acid groups (broad SMARTS) is 1. The van der Waals surface area contributed by atoms with Crippen LogP contribution in [0.15, 0.2) is 0 Å². The van der Waals surface area contributed by atoms with Crippen LogP contribution >= 0.6 is 11.8 Å². The van der Waals surface area contributed by atoms with E-state index in [1.54, 1.807) is 11.8 Å². The van der Waals surface area contributed by atoms with E-state index in [-0.39, 0.29) is 12.4 Å². The smallest absolute Gasteiger partial charge is 0.306 e. The summed E-state index contributed by atoms with van der Waals surface area (Å²) in [4.78, 5) is 24.0. The first-order valence-corrected chi connectivity index (χ1v) is 7.88. The Labute approximate surface area is 118 Å². The highest BCUT2D eigenvalue weighted by Crippen LogP contribution is 2.23. The second-order valence-electron chi connectivity index (χ2n) is 4.63. The van der Waals surface area contributed by atoms with E-state index in [1.165, 1.54) is 0 Å². The fraction of sp³-hybridized carbons (Fsp3) is 0.846. The van der Waals surface area contributed by atoms with Crippen molar-refractivity contribution >= 4 is 23.7 Å². The highest BCUT2D eigenvalue weighted by Gasteiger charge is 2.20. The molecule has 1 N–H and O–H groups in total. The lowest BCUT2D eigenvalue weighted by molar-refractivity contribution is -0.142. The van der Waals surface area contributed by atoms with Crippen LogP contribution in [0.4, 0.5) is 0 Å². The fourth-order valence-corrected chi connectivity index (χ4v) is 3.42. The van der Waals surface area contributed by atoms with Crippen molar-refractivity contribution in [2.24, 2.45) is 0 Å². The number of aliphatic carboxylic acids is 1. The highest BCUT2D eigenvalue weighted by molar-refractivity contribution is 7.99. The minimum atomic E-state index is -0.739. The van der Waals surface area contributed by atoms with Crippen LogP contribution < -0.4 is 0 Å². The van der Waals surface area contributed by atoms with Crippen molar-refractivity contribution < 1.29 is 19.4 Å². The lowest BCUT2D eigenvalue weighted by atomic mass is 10.1. The van der Waals surface area contributed by atoms with Crippen molar-refractivity contribution in [2.75, 3.05) is 32.0 Å². The summed E-state index contributed by atoms with van der Waals surface area (Å²) in [5.74, 6) is -0.0818. The topological polar surface area (TPSA) is 66.8 Å². The average Bonchev–Trinajstić information content (AvgIpc) is 2.37. The van der Waals surface area contributed by atoms with Gasteiger partial charge in [-0.3, -0.25) is 9.59 Å². The molecule has 0 aromatic heterocycles. The third-order valence-electron chi connectivity index (χ3n) is 3.07. The van der Waals surface area contributed by atoms with Crippen LogP contribution in [0.2, 0.25) is 0 Å². The summed E-state index contributed by atoms with van der Waals surface area (Å²) < 4.78 is 4.89. The summed E-state index contributed by atoms with van der Waals surface area (Å²) in [6.45, 7) is 4.80. The van der Waals surface area contributed by atoms with Gasteiger partial charge < -0.3 is 14.7 Å². The maximum atomic E-state index is 11.2. The van der Waals surface area contributed by atoms with Gasteiger partial charge >= 0.3 is 11.9 Å². The van der Waals surface area contributed by atoms with Gasteiger partial charge in [0.2, 0.25) is 0 Å². The number of rotatable bonds is 8. The summed E-state index contributed by atoms with van der Waals surface area (Å²) in [6, 6.07) is 0. The third-order valence-corrected chi connectivity index (χ3v) is 4.37. The zero-order valence-electron chi connectivity index (χ0n) is 11.5. The van der Waals surface area contributed by atoms with Crippen molar-refractivity contribution in [3.8, 4) is 0 Å². The molecule has 0 aliphatic carbocycles. The second-order valence-corrected chi connectivity index (χ2v) is 6.04. The van der Waals surface area contributed by atoms with Crippen LogP contribution in [0.3, 0.4) is 0 Å². The Morgan fingerprint density at radius 1 is 1.42 bits per heavy atom. The van der Waals surface area contributed by atoms with Crippen molar-refractivity contribution in [1.29, 1.82) is 0 Å². The molecular weight excluding hydrogens is 266 g/mol. The Morgan fingerprint density at radius 3 is 2.89 bits per heavy atom. The molecule has 5 nitrogen and oxygen atoms in total. The first-order valence-electron chi connectivity index (χ1n) is 6.83. The SMILES string of the molecule is CCOC(=O)CCSC1CCCN(CCC(=O)O)C1. The summed E-state index contributed by atoms with van der Waals surface area (Å²) >= 11 is 1.80. The van der Waals surface area contributed by atoms with Gasteiger partial charge in [-0.25, -0.2) is 0 Å². The molecule has 1 fully saturated rings. The molecule has 1 atom stereocenters. The van der Waals surface area contributed by atoms with Gasteiger partial charge in [0.05, 0.1) is 19.4 Å². The molecule has 1 unspecified atom stereocenters. The molecule has 110 valence electrons. The van der Waals surface area contributed by atoms with Gasteiger partial charge in [-0.1, -0.05) is 0 Å². The lowest BCUT2D eigenvalue weighted by Gasteiger charge is -2.31. The summed E-state index contributed by atoms with van der Waals surface area (Å²) in [7, 11) is 0. The normalized spacial score (nSPS) is 20.2. The molecule has 1 aliphatic rings. The van der Waals surface area contributed by atoms with E-state index in [1.807, 2.05) is 6.92 Å². The summed E-state index contributed by atoms with van der Waals surface area (Å²) in [5, 5.41) is 9.19. The van der Waals surface area contributed by atoms with Crippen molar-refractivity contribution in [2.45, 2.75) is 37.9 Å². The standard InChI is InChI=1S/C13H23NO4S/c1-2-18-13(17)6-9-19-11-4-3-7-14(10-11)8-5-12(15)16/h11H,2-10H2,1H3,(H,15,16). The van der Waals surface area contributed by atoms with E-state index >= 15 is 0 Å². The van der Waals surface area contributed by atoms with E-state index in [2.05, 4.69) is 4.90 Å². The number of esters is 1. The molecule has 6 heteroatoms. The van der Waals surface area contributed by atoms with E-state index in [9.17, 15) is 9.59 Å². The minimum absolute atomic E-state index is 0.131. The van der Waals surface area contributed by atoms with Crippen LogP contribution in [-0.2, 0) is 14.3 Å². The molecule has 0 radical (unpaired) electrons. The predicted molar refractivity (Wildman–Crippen MR) is 75.4 cm³/mol. The fourth-order valence-electron chi connectivity index (χ4n) is 2.15. The first-order chi connectivity index (χ1) is 9.11. The Morgan fingerprint density at radius 2 is 2.21 bits per heavy atom. The number of carbonyl (C=O) groups excluding carboxylic acids is 1. The van der Waals surface area contributed by atoms with Gasteiger partial charge in [-0.05, 0) is 26.3 Å². The van der Waals surface area contributed by atoms with E-state index in [4.69, 9.17) is 9.84 Å². The van der Waals surface area contributed by atoms with Crippen LogP contribution in [0.25, 0.3) is 0 Å². The van der Waals surface area contributed by atoms with Crippen LogP contribution in [0.5, 0.6) is 0 Å². The van der Waals surface area contributed by atoms with Crippen LogP contribution in [-0.4, -0.2) is 59.2 Å². The Balaban J connectivity index is 2.16. The zero-order valence-corrected chi connectivity index (χ0v) is 12.3. The van der Waals surface area contributed by atoms with E-state index < -0.39 is 5.97 Å². The lowest BCUT2D eigenvalue weighted by Crippen LogP contribution is -2.38. The number of ether oxygens (including phenoxy) is 1. The van der Waals surface area contributed by atoms with Crippen molar-refractivity contribution in [1.82, 2.24) is 4.90 Å². The van der Waals surface area contributed by atoms with Crippen molar-refractivity contribution in [3.05, 3.63) is 0 Å². The molecule has 1 heterocycles. The van der Waals surface area contributed by atoms with Crippen molar-refractivity contribution in [3.63, 3.8) is 0 Å². The Bertz CT molecular complexity index is 298. The molecule has 0 amide bonds. The molecule has 0 aromatic rings. The second kappa shape index (κ2) is 9.20. The molecule has 0 aromatic carbocycles. The number of carbonyl (C=O) groups is 2. The van der Waals surface area contributed by atoms with Gasteiger partial charge in [0.15, 0.2) is 0 Å². The number of carboxylic acids is 1. The van der Waals surface area contributed by atoms with Gasteiger partial charge in [-0.2, -0.15) is 11.8 Å². The Kier molecular flexibility index (Phi) is 7.90.